The van der Waals surface area contributed by atoms with Crippen LogP contribution in [-0.2, 0) is 0 Å². The Morgan fingerprint density at radius 2 is 1.81 bits per heavy atom. The zero-order valence-corrected chi connectivity index (χ0v) is 10.2. The van der Waals surface area contributed by atoms with Gasteiger partial charge in [-0.15, -0.1) is 0 Å². The largest absolute Gasteiger partial charge is 0.317 e. The fraction of sp³-hybridized carbons (Fsp3) is 0.917. The Balaban J connectivity index is 1.98. The zero-order valence-electron chi connectivity index (χ0n) is 10.2. The SMILES string of the molecule is CCN1CCN(C2(C#N)CCNCC2)CC1. The van der Waals surface area contributed by atoms with Gasteiger partial charge in [-0.25, -0.2) is 0 Å². The molecule has 2 aliphatic heterocycles. The lowest BCUT2D eigenvalue weighted by atomic mass is 9.87. The molecular formula is C12H22N4. The molecule has 16 heavy (non-hydrogen) atoms. The van der Waals surface area contributed by atoms with Gasteiger partial charge in [-0.05, 0) is 32.5 Å². The standard InChI is InChI=1S/C12H22N4/c1-2-15-7-9-16(10-8-15)12(11-13)3-5-14-6-4-12/h14H,2-10H2,1H3. The van der Waals surface area contributed by atoms with Gasteiger partial charge in [0, 0.05) is 26.2 Å². The van der Waals surface area contributed by atoms with Gasteiger partial charge in [-0.2, -0.15) is 5.26 Å². The maximum Gasteiger partial charge on any atom is 0.111 e. The minimum atomic E-state index is -0.176. The molecule has 0 aromatic rings. The van der Waals surface area contributed by atoms with Crippen LogP contribution in [0.5, 0.6) is 0 Å². The Morgan fingerprint density at radius 3 is 2.31 bits per heavy atom. The summed E-state index contributed by atoms with van der Waals surface area (Å²) in [6.07, 6.45) is 1.96. The molecule has 0 spiro atoms. The minimum absolute atomic E-state index is 0.176. The van der Waals surface area contributed by atoms with Gasteiger partial charge in [-0.1, -0.05) is 6.92 Å². The van der Waals surface area contributed by atoms with Gasteiger partial charge >= 0.3 is 0 Å². The van der Waals surface area contributed by atoms with Gasteiger partial charge in [0.05, 0.1) is 6.07 Å². The molecular weight excluding hydrogens is 200 g/mol. The van der Waals surface area contributed by atoms with Gasteiger partial charge in [-0.3, -0.25) is 4.90 Å². The number of piperazine rings is 1. The van der Waals surface area contributed by atoms with Crippen LogP contribution in [0.25, 0.3) is 0 Å². The average Bonchev–Trinajstić information content (AvgIpc) is 2.39. The van der Waals surface area contributed by atoms with Crippen LogP contribution in [0, 0.1) is 11.3 Å². The Kier molecular flexibility index (Phi) is 3.80. The summed E-state index contributed by atoms with van der Waals surface area (Å²) in [7, 11) is 0. The van der Waals surface area contributed by atoms with Crippen LogP contribution in [0.3, 0.4) is 0 Å². The fourth-order valence-corrected chi connectivity index (χ4v) is 2.83. The van der Waals surface area contributed by atoms with E-state index in [0.29, 0.717) is 0 Å². The normalized spacial score (nSPS) is 27.5. The summed E-state index contributed by atoms with van der Waals surface area (Å²) >= 11 is 0. The summed E-state index contributed by atoms with van der Waals surface area (Å²) in [5.74, 6) is 0. The van der Waals surface area contributed by atoms with E-state index in [1.165, 1.54) is 0 Å². The second kappa shape index (κ2) is 5.13. The lowest BCUT2D eigenvalue weighted by molar-refractivity contribution is 0.0472. The van der Waals surface area contributed by atoms with Gasteiger partial charge in [0.2, 0.25) is 0 Å². The van der Waals surface area contributed by atoms with Crippen molar-refractivity contribution in [1.29, 1.82) is 5.26 Å². The van der Waals surface area contributed by atoms with Crippen LogP contribution in [0.2, 0.25) is 0 Å². The monoisotopic (exact) mass is 222 g/mol. The highest BCUT2D eigenvalue weighted by Gasteiger charge is 2.39. The Hall–Kier alpha value is -0.630. The van der Waals surface area contributed by atoms with Crippen LogP contribution in [-0.4, -0.2) is 61.2 Å². The van der Waals surface area contributed by atoms with Gasteiger partial charge < -0.3 is 10.2 Å². The second-order valence-corrected chi connectivity index (χ2v) is 4.81. The molecule has 4 nitrogen and oxygen atoms in total. The molecule has 2 aliphatic rings. The highest BCUT2D eigenvalue weighted by atomic mass is 15.3. The smallest absolute Gasteiger partial charge is 0.111 e. The first kappa shape index (κ1) is 11.8. The molecule has 2 fully saturated rings. The molecule has 0 bridgehead atoms. The van der Waals surface area contributed by atoms with E-state index in [-0.39, 0.29) is 5.54 Å². The molecule has 0 unspecified atom stereocenters. The van der Waals surface area contributed by atoms with E-state index in [0.717, 1.165) is 58.7 Å². The molecule has 1 N–H and O–H groups in total. The Morgan fingerprint density at radius 1 is 1.19 bits per heavy atom. The number of nitrogens with one attached hydrogen (secondary N) is 1. The quantitative estimate of drug-likeness (QED) is 0.728. The van der Waals surface area contributed by atoms with Crippen LogP contribution < -0.4 is 5.32 Å². The van der Waals surface area contributed by atoms with Crippen molar-refractivity contribution >= 4 is 0 Å². The zero-order chi connectivity index (χ0) is 11.4. The summed E-state index contributed by atoms with van der Waals surface area (Å²) in [5, 5.41) is 12.8. The molecule has 0 amide bonds. The molecule has 2 rings (SSSR count). The first-order valence-electron chi connectivity index (χ1n) is 6.40. The highest BCUT2D eigenvalue weighted by molar-refractivity contribution is 5.11. The fourth-order valence-electron chi connectivity index (χ4n) is 2.83. The van der Waals surface area contributed by atoms with E-state index in [4.69, 9.17) is 0 Å². The molecule has 0 saturated carbocycles. The molecule has 0 atom stereocenters. The van der Waals surface area contributed by atoms with Crippen molar-refractivity contribution in [2.45, 2.75) is 25.3 Å². The van der Waals surface area contributed by atoms with E-state index in [1.54, 1.807) is 0 Å². The molecule has 2 saturated heterocycles. The number of nitrogens with zero attached hydrogens (tertiary/aromatic N) is 3. The maximum atomic E-state index is 9.48. The molecule has 0 aromatic carbocycles. The first-order chi connectivity index (χ1) is 7.80. The lowest BCUT2D eigenvalue weighted by Gasteiger charge is -2.45. The van der Waals surface area contributed by atoms with Crippen LogP contribution in [0.15, 0.2) is 0 Å². The third-order valence-corrected chi connectivity index (χ3v) is 4.06. The van der Waals surface area contributed by atoms with Crippen LogP contribution in [0.1, 0.15) is 19.8 Å². The first-order valence-corrected chi connectivity index (χ1v) is 6.40. The van der Waals surface area contributed by atoms with E-state index >= 15 is 0 Å². The van der Waals surface area contributed by atoms with Crippen molar-refractivity contribution in [3.8, 4) is 6.07 Å². The van der Waals surface area contributed by atoms with Crippen molar-refractivity contribution in [2.24, 2.45) is 0 Å². The van der Waals surface area contributed by atoms with E-state index in [1.807, 2.05) is 0 Å². The summed E-state index contributed by atoms with van der Waals surface area (Å²) in [6.45, 7) is 9.67. The van der Waals surface area contributed by atoms with Crippen molar-refractivity contribution in [3.05, 3.63) is 0 Å². The molecule has 2 heterocycles. The van der Waals surface area contributed by atoms with E-state index < -0.39 is 0 Å². The Bertz CT molecular complexity index is 257. The number of rotatable bonds is 2. The summed E-state index contributed by atoms with van der Waals surface area (Å²) in [6, 6.07) is 2.59. The lowest BCUT2D eigenvalue weighted by Crippen LogP contribution is -2.59. The number of hydrogen-bond acceptors (Lipinski definition) is 4. The van der Waals surface area contributed by atoms with Crippen LogP contribution >= 0.6 is 0 Å². The average molecular weight is 222 g/mol. The van der Waals surface area contributed by atoms with E-state index in [9.17, 15) is 5.26 Å². The summed E-state index contributed by atoms with van der Waals surface area (Å²) < 4.78 is 0. The van der Waals surface area contributed by atoms with Gasteiger partial charge in [0.1, 0.15) is 5.54 Å². The maximum absolute atomic E-state index is 9.48. The topological polar surface area (TPSA) is 42.3 Å². The molecule has 0 radical (unpaired) electrons. The molecule has 90 valence electrons. The van der Waals surface area contributed by atoms with Gasteiger partial charge in [0.15, 0.2) is 0 Å². The van der Waals surface area contributed by atoms with Crippen molar-refractivity contribution < 1.29 is 0 Å². The third kappa shape index (κ3) is 2.22. The summed E-state index contributed by atoms with van der Waals surface area (Å²) in [5.41, 5.74) is -0.176. The predicted molar refractivity (Wildman–Crippen MR) is 64.1 cm³/mol. The summed E-state index contributed by atoms with van der Waals surface area (Å²) in [4.78, 5) is 4.88. The Labute approximate surface area is 98.2 Å². The number of nitriles is 1. The molecule has 0 aliphatic carbocycles. The van der Waals surface area contributed by atoms with Crippen LogP contribution in [0.4, 0.5) is 0 Å². The number of piperidine rings is 1. The van der Waals surface area contributed by atoms with E-state index in [2.05, 4.69) is 28.1 Å². The van der Waals surface area contributed by atoms with Crippen molar-refractivity contribution in [1.82, 2.24) is 15.1 Å². The number of hydrogen-bond donors (Lipinski definition) is 1. The highest BCUT2D eigenvalue weighted by Crippen LogP contribution is 2.26. The number of likely N-dealkylation sites (N-methyl/N-ethyl adjacent to an activating group) is 1. The molecule has 0 aromatic heterocycles. The van der Waals surface area contributed by atoms with Crippen molar-refractivity contribution in [3.63, 3.8) is 0 Å². The third-order valence-electron chi connectivity index (χ3n) is 4.06. The van der Waals surface area contributed by atoms with Crippen molar-refractivity contribution in [2.75, 3.05) is 45.8 Å². The molecule has 4 heteroatoms. The predicted octanol–water partition coefficient (Wildman–Crippen LogP) is 0.270. The second-order valence-electron chi connectivity index (χ2n) is 4.81. The minimum Gasteiger partial charge on any atom is -0.317 e. The van der Waals surface area contributed by atoms with Gasteiger partial charge in [0.25, 0.3) is 0 Å².